The second-order valence-electron chi connectivity index (χ2n) is 4.45. The van der Waals surface area contributed by atoms with Crippen molar-refractivity contribution in [1.29, 1.82) is 0 Å². The minimum absolute atomic E-state index is 0.211. The Balaban J connectivity index is 2.16. The van der Waals surface area contributed by atoms with Crippen LogP contribution in [0.15, 0.2) is 30.3 Å². The van der Waals surface area contributed by atoms with Crippen LogP contribution >= 0.6 is 0 Å². The molecule has 1 aromatic carbocycles. The van der Waals surface area contributed by atoms with Gasteiger partial charge in [-0.15, -0.1) is 0 Å². The molecule has 19 heavy (non-hydrogen) atoms. The standard InChI is InChI=1S/C12H16N2O4S/c1-10(12(15)16)14-8-7-13(19(14,17)18)9-11-5-3-2-4-6-11/h2-6,10H,7-9H2,1H3,(H,15,16)/t10-/m1/s1. The maximum Gasteiger partial charge on any atom is 0.321 e. The Morgan fingerprint density at radius 2 is 1.95 bits per heavy atom. The molecular weight excluding hydrogens is 268 g/mol. The molecule has 0 aliphatic carbocycles. The van der Waals surface area contributed by atoms with E-state index in [0.29, 0.717) is 6.54 Å². The molecule has 6 nitrogen and oxygen atoms in total. The van der Waals surface area contributed by atoms with E-state index >= 15 is 0 Å². The molecular formula is C12H16N2O4S. The number of aliphatic carboxylic acids is 1. The summed E-state index contributed by atoms with van der Waals surface area (Å²) in [6.45, 7) is 2.18. The van der Waals surface area contributed by atoms with E-state index in [-0.39, 0.29) is 13.1 Å². The van der Waals surface area contributed by atoms with Crippen molar-refractivity contribution in [3.8, 4) is 0 Å². The molecule has 0 spiro atoms. The van der Waals surface area contributed by atoms with Crippen molar-refractivity contribution < 1.29 is 18.3 Å². The van der Waals surface area contributed by atoms with Gasteiger partial charge in [-0.1, -0.05) is 30.3 Å². The van der Waals surface area contributed by atoms with Crippen molar-refractivity contribution in [3.63, 3.8) is 0 Å². The molecule has 2 rings (SSSR count). The highest BCUT2D eigenvalue weighted by Crippen LogP contribution is 2.21. The SMILES string of the molecule is C[C@H](C(=O)O)N1CCN(Cc2ccccc2)S1(=O)=O. The summed E-state index contributed by atoms with van der Waals surface area (Å²) < 4.78 is 26.8. The lowest BCUT2D eigenvalue weighted by Crippen LogP contribution is -2.42. The Kier molecular flexibility index (Phi) is 3.88. The van der Waals surface area contributed by atoms with Gasteiger partial charge >= 0.3 is 5.97 Å². The maximum absolute atomic E-state index is 12.2. The van der Waals surface area contributed by atoms with E-state index < -0.39 is 22.2 Å². The smallest absolute Gasteiger partial charge is 0.321 e. The molecule has 1 fully saturated rings. The van der Waals surface area contributed by atoms with Gasteiger partial charge in [-0.2, -0.15) is 17.0 Å². The van der Waals surface area contributed by atoms with Gasteiger partial charge in [0.1, 0.15) is 6.04 Å². The van der Waals surface area contributed by atoms with Crippen molar-refractivity contribution in [1.82, 2.24) is 8.61 Å². The Morgan fingerprint density at radius 3 is 2.53 bits per heavy atom. The van der Waals surface area contributed by atoms with Crippen LogP contribution in [-0.2, 0) is 21.5 Å². The van der Waals surface area contributed by atoms with Crippen LogP contribution in [0.2, 0.25) is 0 Å². The van der Waals surface area contributed by atoms with Gasteiger partial charge in [-0.25, -0.2) is 0 Å². The van der Waals surface area contributed by atoms with Gasteiger partial charge < -0.3 is 5.11 Å². The average molecular weight is 284 g/mol. The minimum Gasteiger partial charge on any atom is -0.480 e. The molecule has 1 heterocycles. The van der Waals surface area contributed by atoms with Crippen molar-refractivity contribution in [2.75, 3.05) is 13.1 Å². The second kappa shape index (κ2) is 5.28. The fourth-order valence-electron chi connectivity index (χ4n) is 2.05. The summed E-state index contributed by atoms with van der Waals surface area (Å²) in [6.07, 6.45) is 0. The van der Waals surface area contributed by atoms with Gasteiger partial charge in [-0.05, 0) is 12.5 Å². The zero-order valence-corrected chi connectivity index (χ0v) is 11.4. The molecule has 1 saturated heterocycles. The first-order valence-corrected chi connectivity index (χ1v) is 7.36. The Hall–Kier alpha value is -1.44. The summed E-state index contributed by atoms with van der Waals surface area (Å²) in [4.78, 5) is 10.9. The van der Waals surface area contributed by atoms with Crippen LogP contribution in [0, 0.1) is 0 Å². The summed E-state index contributed by atoms with van der Waals surface area (Å²) in [7, 11) is -3.68. The molecule has 104 valence electrons. The number of rotatable bonds is 4. The number of hydrogen-bond donors (Lipinski definition) is 1. The van der Waals surface area contributed by atoms with Crippen molar-refractivity contribution >= 4 is 16.2 Å². The highest BCUT2D eigenvalue weighted by molar-refractivity contribution is 7.87. The van der Waals surface area contributed by atoms with Crippen LogP contribution < -0.4 is 0 Å². The Bertz CT molecular complexity index is 558. The first-order chi connectivity index (χ1) is 8.93. The first kappa shape index (κ1) is 14.0. The summed E-state index contributed by atoms with van der Waals surface area (Å²) in [6, 6.07) is 8.20. The fraction of sp³-hybridized carbons (Fsp3) is 0.417. The monoisotopic (exact) mass is 284 g/mol. The van der Waals surface area contributed by atoms with Crippen LogP contribution in [0.1, 0.15) is 12.5 Å². The van der Waals surface area contributed by atoms with Crippen molar-refractivity contribution in [2.45, 2.75) is 19.5 Å². The van der Waals surface area contributed by atoms with Gasteiger partial charge in [0.2, 0.25) is 0 Å². The van der Waals surface area contributed by atoms with Crippen LogP contribution in [-0.4, -0.2) is 47.2 Å². The van der Waals surface area contributed by atoms with E-state index in [1.807, 2.05) is 30.3 Å². The normalized spacial score (nSPS) is 21.3. The summed E-state index contributed by atoms with van der Waals surface area (Å²) in [5, 5.41) is 8.93. The number of carboxylic acid groups (broad SMARTS) is 1. The second-order valence-corrected chi connectivity index (χ2v) is 6.33. The molecule has 0 saturated carbocycles. The lowest BCUT2D eigenvalue weighted by atomic mass is 10.2. The number of hydrogen-bond acceptors (Lipinski definition) is 3. The molecule has 0 aromatic heterocycles. The molecule has 1 aliphatic rings. The van der Waals surface area contributed by atoms with E-state index in [9.17, 15) is 13.2 Å². The summed E-state index contributed by atoms with van der Waals surface area (Å²) in [5.74, 6) is -1.13. The lowest BCUT2D eigenvalue weighted by molar-refractivity contribution is -0.140. The topological polar surface area (TPSA) is 77.9 Å². The van der Waals surface area contributed by atoms with Crippen molar-refractivity contribution in [3.05, 3.63) is 35.9 Å². The van der Waals surface area contributed by atoms with Gasteiger partial charge in [0, 0.05) is 19.6 Å². The van der Waals surface area contributed by atoms with Crippen LogP contribution in [0.4, 0.5) is 0 Å². The van der Waals surface area contributed by atoms with Gasteiger partial charge in [0.05, 0.1) is 0 Å². The third-order valence-electron chi connectivity index (χ3n) is 3.18. The number of carbonyl (C=O) groups is 1. The van der Waals surface area contributed by atoms with Crippen LogP contribution in [0.25, 0.3) is 0 Å². The predicted molar refractivity (Wildman–Crippen MR) is 69.6 cm³/mol. The molecule has 0 unspecified atom stereocenters. The van der Waals surface area contributed by atoms with E-state index in [2.05, 4.69) is 0 Å². The summed E-state index contributed by atoms with van der Waals surface area (Å²) in [5.41, 5.74) is 0.885. The van der Waals surface area contributed by atoms with E-state index in [1.54, 1.807) is 0 Å². The highest BCUT2D eigenvalue weighted by Gasteiger charge is 2.41. The molecule has 1 aliphatic heterocycles. The summed E-state index contributed by atoms with van der Waals surface area (Å²) >= 11 is 0. The maximum atomic E-state index is 12.2. The third kappa shape index (κ3) is 2.78. The minimum atomic E-state index is -3.68. The first-order valence-electron chi connectivity index (χ1n) is 5.96. The Morgan fingerprint density at radius 1 is 1.32 bits per heavy atom. The molecule has 0 amide bonds. The van der Waals surface area contributed by atoms with Gasteiger partial charge in [0.25, 0.3) is 10.2 Å². The van der Waals surface area contributed by atoms with Crippen molar-refractivity contribution in [2.24, 2.45) is 0 Å². The zero-order chi connectivity index (χ0) is 14.0. The quantitative estimate of drug-likeness (QED) is 0.874. The fourth-order valence-corrected chi connectivity index (χ4v) is 3.78. The lowest BCUT2D eigenvalue weighted by Gasteiger charge is -2.21. The third-order valence-corrected chi connectivity index (χ3v) is 5.24. The highest BCUT2D eigenvalue weighted by atomic mass is 32.2. The van der Waals surface area contributed by atoms with E-state index in [0.717, 1.165) is 9.87 Å². The predicted octanol–water partition coefficient (Wildman–Crippen LogP) is 0.522. The largest absolute Gasteiger partial charge is 0.480 e. The molecule has 0 radical (unpaired) electrons. The number of nitrogens with zero attached hydrogens (tertiary/aromatic N) is 2. The average Bonchev–Trinajstić information content (AvgIpc) is 2.65. The van der Waals surface area contributed by atoms with Crippen LogP contribution in [0.3, 0.4) is 0 Å². The molecule has 7 heteroatoms. The number of benzene rings is 1. The molecule has 1 aromatic rings. The van der Waals surface area contributed by atoms with Gasteiger partial charge in [0.15, 0.2) is 0 Å². The van der Waals surface area contributed by atoms with E-state index in [4.69, 9.17) is 5.11 Å². The molecule has 1 atom stereocenters. The van der Waals surface area contributed by atoms with Gasteiger partial charge in [-0.3, -0.25) is 4.79 Å². The zero-order valence-electron chi connectivity index (χ0n) is 10.6. The number of carboxylic acids is 1. The Labute approximate surface area is 112 Å². The molecule has 0 bridgehead atoms. The van der Waals surface area contributed by atoms with Crippen LogP contribution in [0.5, 0.6) is 0 Å². The molecule has 1 N–H and O–H groups in total. The van der Waals surface area contributed by atoms with E-state index in [1.165, 1.54) is 11.2 Å².